The van der Waals surface area contributed by atoms with E-state index in [4.69, 9.17) is 0 Å². The predicted octanol–water partition coefficient (Wildman–Crippen LogP) is 5.85. The van der Waals surface area contributed by atoms with Gasteiger partial charge in [0, 0.05) is 30.2 Å². The number of para-hydroxylation sites is 1. The number of benzene rings is 2. The van der Waals surface area contributed by atoms with Crippen molar-refractivity contribution in [3.05, 3.63) is 89.2 Å². The molecular formula is C25H31N3O. The molecule has 0 bridgehead atoms. The summed E-state index contributed by atoms with van der Waals surface area (Å²) in [5.74, 6) is 0. The maximum Gasteiger partial charge on any atom is 0.322 e. The topological polar surface area (TPSA) is 37.3 Å². The lowest BCUT2D eigenvalue weighted by Crippen LogP contribution is -2.40. The van der Waals surface area contributed by atoms with E-state index in [1.165, 1.54) is 11.1 Å². The van der Waals surface area contributed by atoms with E-state index in [0.29, 0.717) is 6.54 Å². The summed E-state index contributed by atoms with van der Waals surface area (Å²) in [5.41, 5.74) is 5.67. The van der Waals surface area contributed by atoms with Crippen LogP contribution in [0.5, 0.6) is 0 Å². The van der Waals surface area contributed by atoms with Crippen LogP contribution in [0, 0.1) is 6.92 Å². The van der Waals surface area contributed by atoms with Crippen LogP contribution in [0.4, 0.5) is 10.5 Å². The second kappa shape index (κ2) is 9.46. The van der Waals surface area contributed by atoms with Crippen molar-refractivity contribution in [1.29, 1.82) is 0 Å². The van der Waals surface area contributed by atoms with Gasteiger partial charge in [-0.05, 0) is 56.5 Å². The van der Waals surface area contributed by atoms with Crippen LogP contribution < -0.4 is 5.32 Å². The van der Waals surface area contributed by atoms with Crippen molar-refractivity contribution in [3.8, 4) is 0 Å². The first-order valence-electron chi connectivity index (χ1n) is 10.3. The molecule has 2 amide bonds. The number of nitrogens with one attached hydrogen (secondary N) is 1. The Morgan fingerprint density at radius 3 is 2.45 bits per heavy atom. The van der Waals surface area contributed by atoms with Crippen molar-refractivity contribution in [2.75, 3.05) is 5.32 Å². The summed E-state index contributed by atoms with van der Waals surface area (Å²) in [4.78, 5) is 14.9. The van der Waals surface area contributed by atoms with Crippen LogP contribution in [-0.2, 0) is 19.5 Å². The van der Waals surface area contributed by atoms with E-state index >= 15 is 0 Å². The van der Waals surface area contributed by atoms with Gasteiger partial charge < -0.3 is 14.8 Å². The van der Waals surface area contributed by atoms with E-state index in [2.05, 4.69) is 80.2 Å². The average Bonchev–Trinajstić information content (AvgIpc) is 3.14. The van der Waals surface area contributed by atoms with E-state index in [1.54, 1.807) is 0 Å². The maximum atomic E-state index is 13.1. The number of hydrogen-bond donors (Lipinski definition) is 1. The van der Waals surface area contributed by atoms with Crippen molar-refractivity contribution in [3.63, 3.8) is 0 Å². The number of hydrogen-bond acceptors (Lipinski definition) is 1. The standard InChI is InChI=1S/C25H31N3O/c1-5-22-9-6-7-11-24(22)26-25(29)28(19(2)3)18-23-10-8-16-27(23)17-21-14-12-20(4)13-15-21/h6-16,19H,5,17-18H2,1-4H3,(H,26,29). The lowest BCUT2D eigenvalue weighted by Gasteiger charge is -2.28. The number of carbonyl (C=O) groups excluding carboxylic acids is 1. The second-order valence-electron chi connectivity index (χ2n) is 7.78. The van der Waals surface area contributed by atoms with Gasteiger partial charge in [0.25, 0.3) is 0 Å². The SMILES string of the molecule is CCc1ccccc1NC(=O)N(Cc1cccn1Cc1ccc(C)cc1)C(C)C. The molecule has 0 aliphatic heterocycles. The molecule has 0 spiro atoms. The summed E-state index contributed by atoms with van der Waals surface area (Å²) < 4.78 is 2.22. The molecule has 0 saturated heterocycles. The Morgan fingerprint density at radius 1 is 1.03 bits per heavy atom. The summed E-state index contributed by atoms with van der Waals surface area (Å²) in [6.45, 7) is 9.67. The van der Waals surface area contributed by atoms with Gasteiger partial charge in [-0.15, -0.1) is 0 Å². The Balaban J connectivity index is 1.75. The number of urea groups is 1. The van der Waals surface area contributed by atoms with Gasteiger partial charge in [0.2, 0.25) is 0 Å². The zero-order chi connectivity index (χ0) is 20.8. The number of aryl methyl sites for hydroxylation is 2. The third kappa shape index (κ3) is 5.29. The quantitative estimate of drug-likeness (QED) is 0.541. The Bertz CT molecular complexity index is 941. The van der Waals surface area contributed by atoms with Crippen LogP contribution in [0.1, 0.15) is 43.2 Å². The molecule has 3 aromatic rings. The molecule has 3 rings (SSSR count). The van der Waals surface area contributed by atoms with Crippen molar-refractivity contribution < 1.29 is 4.79 Å². The highest BCUT2D eigenvalue weighted by atomic mass is 16.2. The molecule has 1 heterocycles. The minimum absolute atomic E-state index is 0.0658. The Morgan fingerprint density at radius 2 is 1.76 bits per heavy atom. The summed E-state index contributed by atoms with van der Waals surface area (Å²) in [6.07, 6.45) is 2.97. The lowest BCUT2D eigenvalue weighted by molar-refractivity contribution is 0.192. The zero-order valence-electron chi connectivity index (χ0n) is 17.9. The Labute approximate surface area is 174 Å². The minimum Gasteiger partial charge on any atom is -0.345 e. The molecule has 0 saturated carbocycles. The number of rotatable bonds is 7. The highest BCUT2D eigenvalue weighted by molar-refractivity contribution is 5.90. The first-order chi connectivity index (χ1) is 14.0. The van der Waals surface area contributed by atoms with E-state index in [0.717, 1.165) is 29.9 Å². The predicted molar refractivity (Wildman–Crippen MR) is 120 cm³/mol. The van der Waals surface area contributed by atoms with Crippen LogP contribution in [0.3, 0.4) is 0 Å². The number of carbonyl (C=O) groups is 1. The van der Waals surface area contributed by atoms with Crippen molar-refractivity contribution in [2.45, 2.75) is 53.2 Å². The summed E-state index contributed by atoms with van der Waals surface area (Å²) in [5, 5.41) is 3.11. The molecule has 0 aliphatic rings. The lowest BCUT2D eigenvalue weighted by atomic mass is 10.1. The molecule has 4 heteroatoms. The smallest absolute Gasteiger partial charge is 0.322 e. The van der Waals surface area contributed by atoms with Gasteiger partial charge in [-0.1, -0.05) is 55.0 Å². The van der Waals surface area contributed by atoms with Crippen LogP contribution in [0.15, 0.2) is 66.9 Å². The first kappa shape index (κ1) is 20.7. The fourth-order valence-electron chi connectivity index (χ4n) is 3.44. The molecular weight excluding hydrogens is 358 g/mol. The highest BCUT2D eigenvalue weighted by Gasteiger charge is 2.19. The van der Waals surface area contributed by atoms with Gasteiger partial charge in [0.15, 0.2) is 0 Å². The average molecular weight is 390 g/mol. The van der Waals surface area contributed by atoms with Gasteiger partial charge in [-0.2, -0.15) is 0 Å². The molecule has 4 nitrogen and oxygen atoms in total. The van der Waals surface area contributed by atoms with Crippen molar-refractivity contribution in [1.82, 2.24) is 9.47 Å². The van der Waals surface area contributed by atoms with Crippen LogP contribution >= 0.6 is 0 Å². The van der Waals surface area contributed by atoms with Crippen LogP contribution in [-0.4, -0.2) is 21.5 Å². The largest absolute Gasteiger partial charge is 0.345 e. The third-order valence-electron chi connectivity index (χ3n) is 5.25. The summed E-state index contributed by atoms with van der Waals surface area (Å²) in [6, 6.07) is 20.8. The molecule has 0 atom stereocenters. The highest BCUT2D eigenvalue weighted by Crippen LogP contribution is 2.18. The van der Waals surface area contributed by atoms with Gasteiger partial charge in [0.1, 0.15) is 0 Å². The summed E-state index contributed by atoms with van der Waals surface area (Å²) >= 11 is 0. The van der Waals surface area contributed by atoms with Gasteiger partial charge in [-0.25, -0.2) is 4.79 Å². The van der Waals surface area contributed by atoms with Crippen molar-refractivity contribution >= 4 is 11.7 Å². The van der Waals surface area contributed by atoms with E-state index in [9.17, 15) is 4.79 Å². The molecule has 1 aromatic heterocycles. The fraction of sp³-hybridized carbons (Fsp3) is 0.320. The first-order valence-corrected chi connectivity index (χ1v) is 10.3. The van der Waals surface area contributed by atoms with Crippen LogP contribution in [0.25, 0.3) is 0 Å². The van der Waals surface area contributed by atoms with E-state index in [1.807, 2.05) is 29.2 Å². The number of amides is 2. The molecule has 29 heavy (non-hydrogen) atoms. The third-order valence-corrected chi connectivity index (χ3v) is 5.25. The zero-order valence-corrected chi connectivity index (χ0v) is 17.9. The Hall–Kier alpha value is -3.01. The van der Waals surface area contributed by atoms with Crippen LogP contribution in [0.2, 0.25) is 0 Å². The molecule has 0 aliphatic carbocycles. The number of aromatic nitrogens is 1. The van der Waals surface area contributed by atoms with Crippen molar-refractivity contribution in [2.24, 2.45) is 0 Å². The summed E-state index contributed by atoms with van der Waals surface area (Å²) in [7, 11) is 0. The van der Waals surface area contributed by atoms with Gasteiger partial charge >= 0.3 is 6.03 Å². The maximum absolute atomic E-state index is 13.1. The number of nitrogens with zero attached hydrogens (tertiary/aromatic N) is 2. The Kier molecular flexibility index (Phi) is 6.76. The minimum atomic E-state index is -0.0658. The molecule has 152 valence electrons. The molecule has 0 fully saturated rings. The molecule has 1 N–H and O–H groups in total. The molecule has 2 aromatic carbocycles. The van der Waals surface area contributed by atoms with Gasteiger partial charge in [-0.3, -0.25) is 0 Å². The normalized spacial score (nSPS) is 10.9. The monoisotopic (exact) mass is 389 g/mol. The molecule has 0 radical (unpaired) electrons. The van der Waals surface area contributed by atoms with Gasteiger partial charge in [0.05, 0.1) is 6.54 Å². The number of anilines is 1. The van der Waals surface area contributed by atoms with E-state index < -0.39 is 0 Å². The second-order valence-corrected chi connectivity index (χ2v) is 7.78. The molecule has 0 unspecified atom stereocenters. The van der Waals surface area contributed by atoms with E-state index in [-0.39, 0.29) is 12.1 Å². The fourth-order valence-corrected chi connectivity index (χ4v) is 3.44.